The van der Waals surface area contributed by atoms with E-state index in [0.29, 0.717) is 5.82 Å². The number of halogens is 1. The van der Waals surface area contributed by atoms with Gasteiger partial charge in [0.15, 0.2) is 5.03 Å². The molecule has 1 aromatic heterocycles. The summed E-state index contributed by atoms with van der Waals surface area (Å²) in [6.07, 6.45) is 1.28. The normalized spacial score (nSPS) is 11.4. The number of hydrogen-bond donors (Lipinski definition) is 2. The molecule has 0 atom stereocenters. The largest absolute Gasteiger partial charge is 0.478 e. The maximum absolute atomic E-state index is 13.2. The molecule has 0 radical (unpaired) electrons. The minimum absolute atomic E-state index is 0.275. The van der Waals surface area contributed by atoms with E-state index in [1.165, 1.54) is 10.8 Å². The van der Waals surface area contributed by atoms with E-state index in [1.54, 1.807) is 14.0 Å². The number of carboxylic acid groups (broad SMARTS) is 1. The number of anilines is 1. The SMILES string of the molecule is Cc1nc(S(=O)(=O)Nc2cc(F)ccc2C(=O)O)cn1C. The Balaban J connectivity index is 2.45. The fourth-order valence-electron chi connectivity index (χ4n) is 1.64. The Morgan fingerprint density at radius 3 is 2.62 bits per heavy atom. The van der Waals surface area contributed by atoms with Crippen molar-refractivity contribution >= 4 is 21.7 Å². The van der Waals surface area contributed by atoms with Crippen molar-refractivity contribution in [3.8, 4) is 0 Å². The van der Waals surface area contributed by atoms with Gasteiger partial charge in [-0.2, -0.15) is 8.42 Å². The van der Waals surface area contributed by atoms with Gasteiger partial charge in [-0.15, -0.1) is 0 Å². The molecule has 2 rings (SSSR count). The van der Waals surface area contributed by atoms with E-state index in [-0.39, 0.29) is 16.3 Å². The molecule has 7 nitrogen and oxygen atoms in total. The highest BCUT2D eigenvalue weighted by Gasteiger charge is 2.22. The van der Waals surface area contributed by atoms with Crippen LogP contribution in [0, 0.1) is 12.7 Å². The maximum Gasteiger partial charge on any atom is 0.337 e. The molecule has 0 aliphatic rings. The Labute approximate surface area is 120 Å². The molecule has 0 spiro atoms. The number of aromatic carboxylic acids is 1. The first-order valence-electron chi connectivity index (χ1n) is 5.76. The molecule has 2 N–H and O–H groups in total. The van der Waals surface area contributed by atoms with Crippen LogP contribution in [0.15, 0.2) is 29.4 Å². The van der Waals surface area contributed by atoms with Crippen LogP contribution in [0.5, 0.6) is 0 Å². The summed E-state index contributed by atoms with van der Waals surface area (Å²) in [5.74, 6) is -1.66. The first-order valence-corrected chi connectivity index (χ1v) is 7.24. The molecular formula is C12H12FN3O4S. The Kier molecular flexibility index (Phi) is 3.69. The highest BCUT2D eigenvalue weighted by atomic mass is 32.2. The molecule has 9 heteroatoms. The predicted octanol–water partition coefficient (Wildman–Crippen LogP) is 1.37. The Morgan fingerprint density at radius 1 is 1.43 bits per heavy atom. The van der Waals surface area contributed by atoms with Gasteiger partial charge in [-0.3, -0.25) is 4.72 Å². The number of nitrogens with zero attached hydrogens (tertiary/aromatic N) is 2. The highest BCUT2D eigenvalue weighted by Crippen LogP contribution is 2.21. The molecule has 0 saturated heterocycles. The van der Waals surface area contributed by atoms with E-state index in [1.807, 2.05) is 4.72 Å². The Bertz CT molecular complexity index is 794. The maximum atomic E-state index is 13.2. The molecule has 0 aliphatic carbocycles. The fraction of sp³-hybridized carbons (Fsp3) is 0.167. The Hall–Kier alpha value is -2.42. The van der Waals surface area contributed by atoms with E-state index in [2.05, 4.69) is 4.98 Å². The van der Waals surface area contributed by atoms with Crippen molar-refractivity contribution < 1.29 is 22.7 Å². The second-order valence-electron chi connectivity index (χ2n) is 4.34. The second-order valence-corrected chi connectivity index (χ2v) is 5.97. The molecule has 112 valence electrons. The first-order chi connectivity index (χ1) is 9.70. The van der Waals surface area contributed by atoms with Crippen LogP contribution >= 0.6 is 0 Å². The van der Waals surface area contributed by atoms with Crippen LogP contribution in [0.1, 0.15) is 16.2 Å². The molecule has 1 heterocycles. The zero-order valence-electron chi connectivity index (χ0n) is 11.2. The molecule has 0 aliphatic heterocycles. The number of hydrogen-bond acceptors (Lipinski definition) is 4. The van der Waals surface area contributed by atoms with Gasteiger partial charge in [-0.1, -0.05) is 0 Å². The lowest BCUT2D eigenvalue weighted by Crippen LogP contribution is -2.16. The monoisotopic (exact) mass is 313 g/mol. The van der Waals surface area contributed by atoms with E-state index in [9.17, 15) is 17.6 Å². The minimum Gasteiger partial charge on any atom is -0.478 e. The van der Waals surface area contributed by atoms with Gasteiger partial charge in [0, 0.05) is 13.2 Å². The molecule has 0 unspecified atom stereocenters. The summed E-state index contributed by atoms with van der Waals surface area (Å²) in [5, 5.41) is 8.72. The number of imidazole rings is 1. The average Bonchev–Trinajstić information content (AvgIpc) is 2.69. The van der Waals surface area contributed by atoms with Crippen molar-refractivity contribution in [3.05, 3.63) is 41.6 Å². The molecule has 0 fully saturated rings. The minimum atomic E-state index is -4.10. The van der Waals surface area contributed by atoms with Crippen molar-refractivity contribution in [2.24, 2.45) is 7.05 Å². The number of carbonyl (C=O) groups is 1. The molecule has 0 amide bonds. The zero-order valence-corrected chi connectivity index (χ0v) is 12.0. The standard InChI is InChI=1S/C12H12FN3O4S/c1-7-14-11(6-16(7)2)21(19,20)15-10-5-8(13)3-4-9(10)12(17)18/h3-6,15H,1-2H3,(H,17,18). The number of rotatable bonds is 4. The fourth-order valence-corrected chi connectivity index (χ4v) is 2.75. The van der Waals surface area contributed by atoms with Crippen molar-refractivity contribution in [1.29, 1.82) is 0 Å². The number of aromatic nitrogens is 2. The molecule has 21 heavy (non-hydrogen) atoms. The van der Waals surface area contributed by atoms with Gasteiger partial charge in [-0.05, 0) is 25.1 Å². The van der Waals surface area contributed by atoms with Gasteiger partial charge in [0.1, 0.15) is 11.6 Å². The number of carboxylic acids is 1. The summed E-state index contributed by atoms with van der Waals surface area (Å²) in [4.78, 5) is 14.9. The van der Waals surface area contributed by atoms with Crippen molar-refractivity contribution in [3.63, 3.8) is 0 Å². The van der Waals surface area contributed by atoms with Crippen LogP contribution in [0.2, 0.25) is 0 Å². The summed E-state index contributed by atoms with van der Waals surface area (Å²) < 4.78 is 41.1. The van der Waals surface area contributed by atoms with E-state index < -0.39 is 21.8 Å². The quantitative estimate of drug-likeness (QED) is 0.887. The molecule has 0 saturated carbocycles. The third kappa shape index (κ3) is 3.02. The summed E-state index contributed by atoms with van der Waals surface area (Å²) in [6, 6.07) is 2.72. The van der Waals surface area contributed by atoms with Gasteiger partial charge in [0.2, 0.25) is 0 Å². The van der Waals surface area contributed by atoms with Crippen LogP contribution < -0.4 is 4.72 Å². The van der Waals surface area contributed by atoms with Gasteiger partial charge in [0.25, 0.3) is 10.0 Å². The van der Waals surface area contributed by atoms with E-state index in [4.69, 9.17) is 5.11 Å². The van der Waals surface area contributed by atoms with E-state index >= 15 is 0 Å². The van der Waals surface area contributed by atoms with Gasteiger partial charge in [-0.25, -0.2) is 14.2 Å². The number of nitrogens with one attached hydrogen (secondary N) is 1. The molecule has 2 aromatic rings. The van der Waals surface area contributed by atoms with Crippen LogP contribution in [-0.2, 0) is 17.1 Å². The lowest BCUT2D eigenvalue weighted by Gasteiger charge is -2.09. The first kappa shape index (κ1) is 15.0. The van der Waals surface area contributed by atoms with Gasteiger partial charge in [0.05, 0.1) is 11.3 Å². The third-order valence-corrected chi connectivity index (χ3v) is 4.05. The van der Waals surface area contributed by atoms with Crippen LogP contribution in [0.4, 0.5) is 10.1 Å². The summed E-state index contributed by atoms with van der Waals surface area (Å²) in [6.45, 7) is 1.61. The lowest BCUT2D eigenvalue weighted by molar-refractivity contribution is 0.0698. The third-order valence-electron chi connectivity index (χ3n) is 2.82. The van der Waals surface area contributed by atoms with Gasteiger partial charge >= 0.3 is 5.97 Å². The zero-order chi connectivity index (χ0) is 15.8. The summed E-state index contributed by atoms with van der Waals surface area (Å²) >= 11 is 0. The number of aryl methyl sites for hydroxylation is 2. The average molecular weight is 313 g/mol. The topological polar surface area (TPSA) is 101 Å². The predicted molar refractivity (Wildman–Crippen MR) is 72.1 cm³/mol. The van der Waals surface area contributed by atoms with Crippen LogP contribution in [-0.4, -0.2) is 29.0 Å². The Morgan fingerprint density at radius 2 is 2.10 bits per heavy atom. The number of benzene rings is 1. The molecule has 0 bridgehead atoms. The van der Waals surface area contributed by atoms with E-state index in [0.717, 1.165) is 18.2 Å². The van der Waals surface area contributed by atoms with Crippen molar-refractivity contribution in [2.45, 2.75) is 11.9 Å². The second kappa shape index (κ2) is 5.17. The smallest absolute Gasteiger partial charge is 0.337 e. The van der Waals surface area contributed by atoms with Gasteiger partial charge < -0.3 is 9.67 Å². The van der Waals surface area contributed by atoms with Crippen molar-refractivity contribution in [1.82, 2.24) is 9.55 Å². The number of sulfonamides is 1. The highest BCUT2D eigenvalue weighted by molar-refractivity contribution is 7.92. The summed E-state index contributed by atoms with van der Waals surface area (Å²) in [5.41, 5.74) is -0.710. The lowest BCUT2D eigenvalue weighted by atomic mass is 10.2. The van der Waals surface area contributed by atoms with Crippen molar-refractivity contribution in [2.75, 3.05) is 4.72 Å². The molecule has 1 aromatic carbocycles. The molecular weight excluding hydrogens is 301 g/mol. The summed E-state index contributed by atoms with van der Waals surface area (Å²) in [7, 11) is -2.48. The van der Waals surface area contributed by atoms with Crippen LogP contribution in [0.25, 0.3) is 0 Å². The van der Waals surface area contributed by atoms with Crippen LogP contribution in [0.3, 0.4) is 0 Å².